The van der Waals surface area contributed by atoms with E-state index in [4.69, 9.17) is 10.5 Å². The van der Waals surface area contributed by atoms with Gasteiger partial charge in [0.2, 0.25) is 5.88 Å². The lowest BCUT2D eigenvalue weighted by Crippen LogP contribution is -2.28. The molecule has 0 aliphatic heterocycles. The molecule has 0 saturated heterocycles. The minimum Gasteiger partial charge on any atom is -0.470 e. The van der Waals surface area contributed by atoms with Crippen LogP contribution in [0, 0.1) is 6.92 Å². The van der Waals surface area contributed by atoms with E-state index in [0.29, 0.717) is 11.6 Å². The van der Waals surface area contributed by atoms with Gasteiger partial charge in [0, 0.05) is 6.54 Å². The molecular formula is C12H23N3O. The monoisotopic (exact) mass is 225 g/mol. The van der Waals surface area contributed by atoms with Gasteiger partial charge in [-0.3, -0.25) is 0 Å². The largest absolute Gasteiger partial charge is 0.470 e. The third-order valence-electron chi connectivity index (χ3n) is 2.79. The van der Waals surface area contributed by atoms with E-state index in [-0.39, 0.29) is 5.60 Å². The molecular weight excluding hydrogens is 202 g/mol. The van der Waals surface area contributed by atoms with Crippen LogP contribution in [0.15, 0.2) is 0 Å². The van der Waals surface area contributed by atoms with Gasteiger partial charge in [-0.15, -0.1) is 0 Å². The van der Waals surface area contributed by atoms with Gasteiger partial charge in [-0.25, -0.2) is 4.68 Å². The van der Waals surface area contributed by atoms with E-state index in [9.17, 15) is 0 Å². The lowest BCUT2D eigenvalue weighted by Gasteiger charge is -2.25. The Balaban J connectivity index is 3.01. The van der Waals surface area contributed by atoms with Crippen molar-refractivity contribution in [3.8, 4) is 5.88 Å². The molecule has 4 heteroatoms. The van der Waals surface area contributed by atoms with Gasteiger partial charge in [0.05, 0.1) is 5.69 Å². The summed E-state index contributed by atoms with van der Waals surface area (Å²) in [5, 5.41) is 4.39. The van der Waals surface area contributed by atoms with Gasteiger partial charge >= 0.3 is 0 Å². The summed E-state index contributed by atoms with van der Waals surface area (Å²) in [4.78, 5) is 0. The van der Waals surface area contributed by atoms with Crippen molar-refractivity contribution in [3.05, 3.63) is 5.69 Å². The van der Waals surface area contributed by atoms with Crippen LogP contribution in [0.25, 0.3) is 0 Å². The number of nitrogen functional groups attached to an aromatic ring is 1. The molecule has 0 fully saturated rings. The predicted molar refractivity (Wildman–Crippen MR) is 66.7 cm³/mol. The van der Waals surface area contributed by atoms with Crippen LogP contribution in [0.4, 0.5) is 5.69 Å². The fraction of sp³-hybridized carbons (Fsp3) is 0.750. The van der Waals surface area contributed by atoms with Crippen LogP contribution >= 0.6 is 0 Å². The molecule has 0 amide bonds. The Morgan fingerprint density at radius 1 is 1.38 bits per heavy atom. The number of hydrogen-bond donors (Lipinski definition) is 1. The maximum Gasteiger partial charge on any atom is 0.236 e. The van der Waals surface area contributed by atoms with Gasteiger partial charge in [-0.1, -0.05) is 13.8 Å². The SMILES string of the molecule is CCCn1nc(C)c(N)c1OC(C)(C)CC. The van der Waals surface area contributed by atoms with E-state index in [1.165, 1.54) is 0 Å². The molecule has 0 unspecified atom stereocenters. The predicted octanol–water partition coefficient (Wildman–Crippen LogP) is 2.75. The smallest absolute Gasteiger partial charge is 0.236 e. The molecule has 92 valence electrons. The van der Waals surface area contributed by atoms with Crippen molar-refractivity contribution in [2.45, 2.75) is 59.6 Å². The number of aromatic nitrogens is 2. The number of aryl methyl sites for hydroxylation is 2. The van der Waals surface area contributed by atoms with E-state index in [1.807, 2.05) is 11.6 Å². The maximum absolute atomic E-state index is 5.99. The third-order valence-corrected chi connectivity index (χ3v) is 2.79. The number of rotatable bonds is 5. The zero-order valence-corrected chi connectivity index (χ0v) is 11.0. The highest BCUT2D eigenvalue weighted by Gasteiger charge is 2.22. The van der Waals surface area contributed by atoms with Gasteiger partial charge in [0.25, 0.3) is 0 Å². The summed E-state index contributed by atoms with van der Waals surface area (Å²) >= 11 is 0. The summed E-state index contributed by atoms with van der Waals surface area (Å²) in [6.07, 6.45) is 1.95. The van der Waals surface area contributed by atoms with E-state index in [1.54, 1.807) is 0 Å². The first-order valence-electron chi connectivity index (χ1n) is 5.93. The van der Waals surface area contributed by atoms with Crippen molar-refractivity contribution in [1.29, 1.82) is 0 Å². The molecule has 1 aromatic rings. The fourth-order valence-corrected chi connectivity index (χ4v) is 1.38. The Bertz CT molecular complexity index is 355. The van der Waals surface area contributed by atoms with Crippen LogP contribution in [0.2, 0.25) is 0 Å². The molecule has 0 aliphatic rings. The second kappa shape index (κ2) is 4.76. The van der Waals surface area contributed by atoms with E-state index in [2.05, 4.69) is 32.8 Å². The highest BCUT2D eigenvalue weighted by atomic mass is 16.5. The van der Waals surface area contributed by atoms with E-state index >= 15 is 0 Å². The van der Waals surface area contributed by atoms with Gasteiger partial charge in [0.15, 0.2) is 0 Å². The van der Waals surface area contributed by atoms with Gasteiger partial charge in [0.1, 0.15) is 11.3 Å². The molecule has 16 heavy (non-hydrogen) atoms. The Labute approximate surface area is 97.8 Å². The third kappa shape index (κ3) is 2.68. The second-order valence-corrected chi connectivity index (χ2v) is 4.74. The molecule has 0 radical (unpaired) electrons. The summed E-state index contributed by atoms with van der Waals surface area (Å²) in [7, 11) is 0. The standard InChI is InChI=1S/C12H23N3O/c1-6-8-15-11(10(13)9(3)14-15)16-12(4,5)7-2/h6-8,13H2,1-5H3. The maximum atomic E-state index is 5.99. The molecule has 0 bridgehead atoms. The topological polar surface area (TPSA) is 53.1 Å². The molecule has 0 aromatic carbocycles. The normalized spacial score (nSPS) is 11.8. The number of anilines is 1. The molecule has 0 saturated carbocycles. The minimum atomic E-state index is -0.202. The van der Waals surface area contributed by atoms with Crippen LogP contribution < -0.4 is 10.5 Å². The average Bonchev–Trinajstić information content (AvgIpc) is 2.47. The van der Waals surface area contributed by atoms with Crippen LogP contribution in [0.5, 0.6) is 5.88 Å². The van der Waals surface area contributed by atoms with Gasteiger partial charge in [-0.05, 0) is 33.6 Å². The van der Waals surface area contributed by atoms with Crippen LogP contribution in [0.1, 0.15) is 46.2 Å². The van der Waals surface area contributed by atoms with Crippen molar-refractivity contribution >= 4 is 5.69 Å². The summed E-state index contributed by atoms with van der Waals surface area (Å²) in [5.41, 5.74) is 7.29. The Morgan fingerprint density at radius 3 is 2.50 bits per heavy atom. The molecule has 1 rings (SSSR count). The minimum absolute atomic E-state index is 0.202. The van der Waals surface area contributed by atoms with E-state index in [0.717, 1.165) is 25.1 Å². The average molecular weight is 225 g/mol. The molecule has 4 nitrogen and oxygen atoms in total. The zero-order valence-electron chi connectivity index (χ0n) is 11.0. The lowest BCUT2D eigenvalue weighted by atomic mass is 10.1. The Morgan fingerprint density at radius 2 is 2.00 bits per heavy atom. The quantitative estimate of drug-likeness (QED) is 0.838. The number of nitrogens with zero attached hydrogens (tertiary/aromatic N) is 2. The highest BCUT2D eigenvalue weighted by Crippen LogP contribution is 2.29. The highest BCUT2D eigenvalue weighted by molar-refractivity contribution is 5.52. The number of nitrogens with two attached hydrogens (primary N) is 1. The fourth-order valence-electron chi connectivity index (χ4n) is 1.38. The zero-order chi connectivity index (χ0) is 12.3. The first-order valence-corrected chi connectivity index (χ1v) is 5.93. The number of hydrogen-bond acceptors (Lipinski definition) is 3. The summed E-state index contributed by atoms with van der Waals surface area (Å²) in [6.45, 7) is 11.1. The summed E-state index contributed by atoms with van der Waals surface area (Å²) in [5.74, 6) is 0.714. The van der Waals surface area contributed by atoms with Crippen molar-refractivity contribution in [3.63, 3.8) is 0 Å². The summed E-state index contributed by atoms with van der Waals surface area (Å²) in [6, 6.07) is 0. The molecule has 0 spiro atoms. The van der Waals surface area contributed by atoms with Crippen LogP contribution in [-0.4, -0.2) is 15.4 Å². The van der Waals surface area contributed by atoms with Crippen molar-refractivity contribution in [2.24, 2.45) is 0 Å². The van der Waals surface area contributed by atoms with Crippen molar-refractivity contribution in [2.75, 3.05) is 5.73 Å². The number of ether oxygens (including phenoxy) is 1. The molecule has 2 N–H and O–H groups in total. The molecule has 0 atom stereocenters. The Hall–Kier alpha value is -1.19. The lowest BCUT2D eigenvalue weighted by molar-refractivity contribution is 0.0923. The Kier molecular flexibility index (Phi) is 3.83. The first kappa shape index (κ1) is 12.9. The first-order chi connectivity index (χ1) is 7.41. The van der Waals surface area contributed by atoms with Crippen molar-refractivity contribution < 1.29 is 4.74 Å². The van der Waals surface area contributed by atoms with Gasteiger partial charge in [-0.2, -0.15) is 5.10 Å². The molecule has 0 aliphatic carbocycles. The van der Waals surface area contributed by atoms with Gasteiger partial charge < -0.3 is 10.5 Å². The molecule has 1 aromatic heterocycles. The molecule has 1 heterocycles. The van der Waals surface area contributed by atoms with Crippen molar-refractivity contribution in [1.82, 2.24) is 9.78 Å². The summed E-state index contributed by atoms with van der Waals surface area (Å²) < 4.78 is 7.82. The van der Waals surface area contributed by atoms with Crippen LogP contribution in [-0.2, 0) is 6.54 Å². The second-order valence-electron chi connectivity index (χ2n) is 4.74. The van der Waals surface area contributed by atoms with Crippen LogP contribution in [0.3, 0.4) is 0 Å². The van der Waals surface area contributed by atoms with E-state index < -0.39 is 0 Å².